The van der Waals surface area contributed by atoms with E-state index in [1.807, 2.05) is 0 Å². The first-order valence-electron chi connectivity index (χ1n) is 4.70. The lowest BCUT2D eigenvalue weighted by atomic mass is 10.1. The van der Waals surface area contributed by atoms with E-state index in [0.29, 0.717) is 6.08 Å². The molecule has 0 aliphatic heterocycles. The Morgan fingerprint density at radius 3 is 2.00 bits per heavy atom. The van der Waals surface area contributed by atoms with Gasteiger partial charge in [0.2, 0.25) is 5.76 Å². The van der Waals surface area contributed by atoms with Crippen molar-refractivity contribution in [1.29, 1.82) is 0 Å². The highest BCUT2D eigenvalue weighted by Crippen LogP contribution is 2.11. The number of hydrogen-bond donors (Lipinski definition) is 2. The zero-order valence-electron chi connectivity index (χ0n) is 9.32. The van der Waals surface area contributed by atoms with Gasteiger partial charge in [-0.3, -0.25) is 4.79 Å². The fourth-order valence-corrected chi connectivity index (χ4v) is 1.77. The van der Waals surface area contributed by atoms with Crippen LogP contribution < -0.4 is 0 Å². The average molecular weight is 270 g/mol. The number of carboxylic acid groups (broad SMARTS) is 1. The lowest BCUT2D eigenvalue weighted by Gasteiger charge is -2.00. The summed E-state index contributed by atoms with van der Waals surface area (Å²) in [5, 5.41) is 17.3. The molecule has 18 heavy (non-hydrogen) atoms. The molecule has 0 heterocycles. The van der Waals surface area contributed by atoms with Crippen molar-refractivity contribution in [3.05, 3.63) is 41.7 Å². The predicted molar refractivity (Wildman–Crippen MR) is 62.2 cm³/mol. The Bertz CT molecular complexity index is 609. The molecule has 0 spiro atoms. The predicted octanol–water partition coefficient (Wildman–Crippen LogP) is 0.799. The number of benzene rings is 1. The Balaban J connectivity index is 3.04. The molecule has 96 valence electrons. The van der Waals surface area contributed by atoms with Crippen molar-refractivity contribution in [3.63, 3.8) is 0 Å². The molecular formula is C11H10O6S. The molecular weight excluding hydrogens is 260 g/mol. The SMILES string of the molecule is CS(=O)(=O)c1ccc(C(=O)/C=C(\O)C(=O)O)cc1. The maximum absolute atomic E-state index is 11.5. The first kappa shape index (κ1) is 13.9. The molecule has 0 amide bonds. The standard InChI is InChI=1S/C11H10O6S/c1-18(16,17)8-4-2-7(3-5-8)9(12)6-10(13)11(14)15/h2-6,13H,1H3,(H,14,15)/b10-6-. The van der Waals surface area contributed by atoms with Gasteiger partial charge in [0.05, 0.1) is 4.90 Å². The zero-order valence-corrected chi connectivity index (χ0v) is 10.1. The van der Waals surface area contributed by atoms with Crippen molar-refractivity contribution in [1.82, 2.24) is 0 Å². The normalized spacial score (nSPS) is 12.2. The number of aliphatic carboxylic acids is 1. The van der Waals surface area contributed by atoms with Gasteiger partial charge in [-0.1, -0.05) is 0 Å². The van der Waals surface area contributed by atoms with E-state index in [1.165, 1.54) is 24.3 Å². The van der Waals surface area contributed by atoms with Gasteiger partial charge < -0.3 is 10.2 Å². The second kappa shape index (κ2) is 5.01. The highest BCUT2D eigenvalue weighted by Gasteiger charge is 2.11. The maximum atomic E-state index is 11.5. The minimum atomic E-state index is -3.35. The monoisotopic (exact) mass is 270 g/mol. The largest absolute Gasteiger partial charge is 0.502 e. The molecule has 0 saturated carbocycles. The summed E-state index contributed by atoms with van der Waals surface area (Å²) in [6.45, 7) is 0. The van der Waals surface area contributed by atoms with Crippen molar-refractivity contribution in [2.75, 3.05) is 6.26 Å². The third-order valence-corrected chi connectivity index (χ3v) is 3.18. The minimum absolute atomic E-state index is 0.0467. The Labute approximate surface area is 103 Å². The molecule has 2 N–H and O–H groups in total. The third-order valence-electron chi connectivity index (χ3n) is 2.05. The minimum Gasteiger partial charge on any atom is -0.502 e. The van der Waals surface area contributed by atoms with E-state index in [1.54, 1.807) is 0 Å². The fourth-order valence-electron chi connectivity index (χ4n) is 1.14. The Hall–Kier alpha value is -2.15. The van der Waals surface area contributed by atoms with Gasteiger partial charge >= 0.3 is 5.97 Å². The molecule has 0 bridgehead atoms. The molecule has 0 saturated heterocycles. The number of carboxylic acids is 1. The molecule has 0 atom stereocenters. The lowest BCUT2D eigenvalue weighted by molar-refractivity contribution is -0.135. The van der Waals surface area contributed by atoms with Crippen LogP contribution in [0.4, 0.5) is 0 Å². The van der Waals surface area contributed by atoms with Crippen LogP contribution in [0.2, 0.25) is 0 Å². The van der Waals surface area contributed by atoms with Crippen LogP contribution >= 0.6 is 0 Å². The van der Waals surface area contributed by atoms with E-state index in [9.17, 15) is 18.0 Å². The van der Waals surface area contributed by atoms with Crippen molar-refractivity contribution >= 4 is 21.6 Å². The Morgan fingerprint density at radius 1 is 1.11 bits per heavy atom. The number of aliphatic hydroxyl groups excluding tert-OH is 1. The van der Waals surface area contributed by atoms with Gasteiger partial charge in [-0.15, -0.1) is 0 Å². The summed E-state index contributed by atoms with van der Waals surface area (Å²) in [4.78, 5) is 21.8. The molecule has 7 heteroatoms. The van der Waals surface area contributed by atoms with Gasteiger partial charge in [-0.2, -0.15) is 0 Å². The quantitative estimate of drug-likeness (QED) is 0.476. The van der Waals surface area contributed by atoms with Crippen molar-refractivity contribution in [2.45, 2.75) is 4.90 Å². The van der Waals surface area contributed by atoms with Crippen LogP contribution in [0.15, 0.2) is 41.0 Å². The van der Waals surface area contributed by atoms with E-state index >= 15 is 0 Å². The summed E-state index contributed by atoms with van der Waals surface area (Å²) in [6, 6.07) is 4.94. The average Bonchev–Trinajstić information content (AvgIpc) is 2.27. The number of allylic oxidation sites excluding steroid dienone is 1. The van der Waals surface area contributed by atoms with Crippen molar-refractivity contribution in [2.24, 2.45) is 0 Å². The molecule has 0 radical (unpaired) electrons. The summed E-state index contributed by atoms with van der Waals surface area (Å²) in [5.74, 6) is -3.42. The van der Waals surface area contributed by atoms with E-state index in [-0.39, 0.29) is 10.5 Å². The highest BCUT2D eigenvalue weighted by atomic mass is 32.2. The molecule has 6 nitrogen and oxygen atoms in total. The lowest BCUT2D eigenvalue weighted by Crippen LogP contribution is -2.04. The van der Waals surface area contributed by atoms with Crippen LogP contribution in [0.5, 0.6) is 0 Å². The van der Waals surface area contributed by atoms with Crippen LogP contribution in [0.25, 0.3) is 0 Å². The number of sulfone groups is 1. The summed E-state index contributed by atoms with van der Waals surface area (Å²) < 4.78 is 22.3. The van der Waals surface area contributed by atoms with E-state index in [2.05, 4.69) is 0 Å². The summed E-state index contributed by atoms with van der Waals surface area (Å²) in [7, 11) is -3.35. The number of ketones is 1. The second-order valence-corrected chi connectivity index (χ2v) is 5.51. The second-order valence-electron chi connectivity index (χ2n) is 3.50. The summed E-state index contributed by atoms with van der Waals surface area (Å²) >= 11 is 0. The number of aliphatic hydroxyl groups is 1. The fraction of sp³-hybridized carbons (Fsp3) is 0.0909. The molecule has 0 unspecified atom stereocenters. The maximum Gasteiger partial charge on any atom is 0.371 e. The van der Waals surface area contributed by atoms with Gasteiger partial charge in [-0.25, -0.2) is 13.2 Å². The van der Waals surface area contributed by atoms with Gasteiger partial charge in [0.1, 0.15) is 0 Å². The van der Waals surface area contributed by atoms with Crippen molar-refractivity contribution < 1.29 is 28.2 Å². The number of carbonyl (C=O) groups is 2. The molecule has 0 aromatic heterocycles. The molecule has 0 fully saturated rings. The number of hydrogen-bond acceptors (Lipinski definition) is 5. The van der Waals surface area contributed by atoms with E-state index < -0.39 is 27.3 Å². The number of carbonyl (C=O) groups excluding carboxylic acids is 1. The van der Waals surface area contributed by atoms with E-state index in [4.69, 9.17) is 10.2 Å². The molecule has 1 aromatic rings. The summed E-state index contributed by atoms with van der Waals surface area (Å²) in [5.41, 5.74) is 0.0789. The zero-order chi connectivity index (χ0) is 13.9. The van der Waals surface area contributed by atoms with Crippen molar-refractivity contribution in [3.8, 4) is 0 Å². The van der Waals surface area contributed by atoms with Crippen LogP contribution in [-0.4, -0.2) is 36.6 Å². The Morgan fingerprint density at radius 2 is 1.61 bits per heavy atom. The van der Waals surface area contributed by atoms with Crippen LogP contribution in [0, 0.1) is 0 Å². The van der Waals surface area contributed by atoms with Crippen LogP contribution in [-0.2, 0) is 14.6 Å². The smallest absolute Gasteiger partial charge is 0.371 e. The highest BCUT2D eigenvalue weighted by molar-refractivity contribution is 7.90. The Kier molecular flexibility index (Phi) is 3.87. The molecule has 1 rings (SSSR count). The van der Waals surface area contributed by atoms with Gasteiger partial charge in [0, 0.05) is 17.9 Å². The molecule has 0 aliphatic rings. The molecule has 1 aromatic carbocycles. The topological polar surface area (TPSA) is 109 Å². The van der Waals surface area contributed by atoms with E-state index in [0.717, 1.165) is 6.26 Å². The van der Waals surface area contributed by atoms with Crippen LogP contribution in [0.3, 0.4) is 0 Å². The van der Waals surface area contributed by atoms with Crippen LogP contribution in [0.1, 0.15) is 10.4 Å². The molecule has 0 aliphatic carbocycles. The van der Waals surface area contributed by atoms with Gasteiger partial charge in [-0.05, 0) is 24.3 Å². The first-order valence-corrected chi connectivity index (χ1v) is 6.59. The summed E-state index contributed by atoms with van der Waals surface area (Å²) in [6.07, 6.45) is 1.58. The third kappa shape index (κ3) is 3.42. The number of rotatable bonds is 4. The first-order chi connectivity index (χ1) is 8.21. The van der Waals surface area contributed by atoms with Gasteiger partial charge in [0.25, 0.3) is 0 Å². The van der Waals surface area contributed by atoms with Gasteiger partial charge in [0.15, 0.2) is 15.6 Å².